The first kappa shape index (κ1) is 30.7. The Kier molecular flexibility index (Phi) is 12.9. The van der Waals surface area contributed by atoms with E-state index in [4.69, 9.17) is 14.2 Å². The molecule has 198 valence electrons. The van der Waals surface area contributed by atoms with Crippen molar-refractivity contribution in [3.8, 4) is 0 Å². The van der Waals surface area contributed by atoms with E-state index in [0.29, 0.717) is 6.42 Å². The van der Waals surface area contributed by atoms with Crippen LogP contribution in [0.15, 0.2) is 18.2 Å². The standard InChI is InChI=1S/C25H38F6O3/c1-5-9-10-11-12-13-14-20(25(32-6-2,33-7-3)34-8-4)15-19-16-21(23(26,27)28)18-22(17-19)24(29,30)31/h16-18,20H,5-15H2,1-4H3. The van der Waals surface area contributed by atoms with Gasteiger partial charge in [0, 0.05) is 25.7 Å². The molecular formula is C25H38F6O3. The molecule has 0 fully saturated rings. The lowest BCUT2D eigenvalue weighted by molar-refractivity contribution is -0.402. The Morgan fingerprint density at radius 3 is 1.50 bits per heavy atom. The predicted octanol–water partition coefficient (Wildman–Crippen LogP) is 8.40. The number of hydrogen-bond acceptors (Lipinski definition) is 3. The molecule has 0 saturated carbocycles. The molecule has 34 heavy (non-hydrogen) atoms. The van der Waals surface area contributed by atoms with E-state index >= 15 is 0 Å². The molecule has 0 amide bonds. The monoisotopic (exact) mass is 500 g/mol. The van der Waals surface area contributed by atoms with Crippen LogP contribution in [-0.4, -0.2) is 25.8 Å². The molecule has 0 aliphatic carbocycles. The molecule has 0 heterocycles. The van der Waals surface area contributed by atoms with E-state index < -0.39 is 35.4 Å². The molecule has 3 nitrogen and oxygen atoms in total. The molecule has 0 radical (unpaired) electrons. The van der Waals surface area contributed by atoms with Crippen LogP contribution in [0.5, 0.6) is 0 Å². The highest BCUT2D eigenvalue weighted by Crippen LogP contribution is 2.39. The lowest BCUT2D eigenvalue weighted by Gasteiger charge is -2.39. The third-order valence-electron chi connectivity index (χ3n) is 5.57. The molecule has 0 spiro atoms. The van der Waals surface area contributed by atoms with Crippen LogP contribution < -0.4 is 0 Å². The van der Waals surface area contributed by atoms with Crippen LogP contribution in [0.4, 0.5) is 26.3 Å². The highest BCUT2D eigenvalue weighted by Gasteiger charge is 2.43. The van der Waals surface area contributed by atoms with Gasteiger partial charge in [-0.05, 0) is 57.4 Å². The summed E-state index contributed by atoms with van der Waals surface area (Å²) in [4.78, 5) is 0. The molecule has 1 aromatic rings. The maximum Gasteiger partial charge on any atom is 0.416 e. The van der Waals surface area contributed by atoms with Gasteiger partial charge in [0.25, 0.3) is 5.97 Å². The van der Waals surface area contributed by atoms with E-state index in [1.807, 2.05) is 0 Å². The van der Waals surface area contributed by atoms with Gasteiger partial charge in [-0.1, -0.05) is 45.4 Å². The van der Waals surface area contributed by atoms with Gasteiger partial charge in [0.2, 0.25) is 0 Å². The maximum atomic E-state index is 13.4. The van der Waals surface area contributed by atoms with E-state index in [-0.39, 0.29) is 37.9 Å². The first-order valence-electron chi connectivity index (χ1n) is 12.1. The molecule has 0 N–H and O–H groups in total. The van der Waals surface area contributed by atoms with Gasteiger partial charge in [-0.3, -0.25) is 0 Å². The van der Waals surface area contributed by atoms with Crippen LogP contribution in [0.2, 0.25) is 0 Å². The minimum Gasteiger partial charge on any atom is -0.328 e. The van der Waals surface area contributed by atoms with Crippen molar-refractivity contribution < 1.29 is 40.6 Å². The predicted molar refractivity (Wildman–Crippen MR) is 119 cm³/mol. The summed E-state index contributed by atoms with van der Waals surface area (Å²) < 4.78 is 97.8. The maximum absolute atomic E-state index is 13.4. The number of unbranched alkanes of at least 4 members (excludes halogenated alkanes) is 5. The number of hydrogen-bond donors (Lipinski definition) is 0. The molecule has 1 aromatic carbocycles. The van der Waals surface area contributed by atoms with Crippen molar-refractivity contribution in [2.75, 3.05) is 19.8 Å². The summed E-state index contributed by atoms with van der Waals surface area (Å²) >= 11 is 0. The van der Waals surface area contributed by atoms with Crippen LogP contribution in [-0.2, 0) is 33.0 Å². The second-order valence-corrected chi connectivity index (χ2v) is 8.27. The summed E-state index contributed by atoms with van der Waals surface area (Å²) in [5.41, 5.74) is -2.74. The fourth-order valence-corrected chi connectivity index (χ4v) is 4.08. The van der Waals surface area contributed by atoms with E-state index in [1.165, 1.54) is 0 Å². The van der Waals surface area contributed by atoms with Gasteiger partial charge in [-0.25, -0.2) is 0 Å². The smallest absolute Gasteiger partial charge is 0.328 e. The van der Waals surface area contributed by atoms with Crippen LogP contribution in [0.1, 0.15) is 89.3 Å². The number of halogens is 6. The van der Waals surface area contributed by atoms with Crippen LogP contribution in [0, 0.1) is 5.92 Å². The highest BCUT2D eigenvalue weighted by molar-refractivity contribution is 5.34. The molecular weight excluding hydrogens is 462 g/mol. The second-order valence-electron chi connectivity index (χ2n) is 8.27. The van der Waals surface area contributed by atoms with Gasteiger partial charge in [-0.15, -0.1) is 0 Å². The summed E-state index contributed by atoms with van der Waals surface area (Å²) in [5, 5.41) is 0. The van der Waals surface area contributed by atoms with Crippen molar-refractivity contribution in [1.82, 2.24) is 0 Å². The summed E-state index contributed by atoms with van der Waals surface area (Å²) in [6.07, 6.45) is -3.50. The molecule has 1 unspecified atom stereocenters. The first-order chi connectivity index (χ1) is 15.9. The van der Waals surface area contributed by atoms with Crippen LogP contribution >= 0.6 is 0 Å². The number of alkyl halides is 6. The topological polar surface area (TPSA) is 27.7 Å². The van der Waals surface area contributed by atoms with Crippen LogP contribution in [0.3, 0.4) is 0 Å². The third kappa shape index (κ3) is 9.74. The van der Waals surface area contributed by atoms with Crippen molar-refractivity contribution in [2.24, 2.45) is 5.92 Å². The van der Waals surface area contributed by atoms with Crippen molar-refractivity contribution in [3.05, 3.63) is 34.9 Å². The van der Waals surface area contributed by atoms with Gasteiger partial charge in [0.15, 0.2) is 0 Å². The second kappa shape index (κ2) is 14.3. The summed E-state index contributed by atoms with van der Waals surface area (Å²) in [6.45, 7) is 7.96. The number of rotatable bonds is 16. The van der Waals surface area contributed by atoms with Gasteiger partial charge < -0.3 is 14.2 Å². The Balaban J connectivity index is 3.35. The zero-order chi connectivity index (χ0) is 25.8. The van der Waals surface area contributed by atoms with Crippen molar-refractivity contribution in [3.63, 3.8) is 0 Å². The molecule has 0 aliphatic heterocycles. The summed E-state index contributed by atoms with van der Waals surface area (Å²) in [6, 6.07) is 1.70. The molecule has 0 saturated heterocycles. The zero-order valence-electron chi connectivity index (χ0n) is 20.6. The summed E-state index contributed by atoms with van der Waals surface area (Å²) in [5.74, 6) is -2.14. The van der Waals surface area contributed by atoms with E-state index in [1.54, 1.807) is 20.8 Å². The van der Waals surface area contributed by atoms with Crippen molar-refractivity contribution in [1.29, 1.82) is 0 Å². The average molecular weight is 501 g/mol. The Hall–Kier alpha value is -1.32. The SMILES string of the molecule is CCCCCCCCC(Cc1cc(C(F)(F)F)cc(C(F)(F)F)c1)C(OCC)(OCC)OCC. The molecule has 0 aromatic heterocycles. The Morgan fingerprint density at radius 1 is 0.647 bits per heavy atom. The fourth-order valence-electron chi connectivity index (χ4n) is 4.08. The Labute approximate surface area is 199 Å². The molecule has 1 atom stereocenters. The van der Waals surface area contributed by atoms with Crippen molar-refractivity contribution >= 4 is 0 Å². The quantitative estimate of drug-likeness (QED) is 0.130. The van der Waals surface area contributed by atoms with Gasteiger partial charge in [-0.2, -0.15) is 26.3 Å². The molecule has 0 aliphatic rings. The largest absolute Gasteiger partial charge is 0.416 e. The molecule has 9 heteroatoms. The molecule has 0 bridgehead atoms. The normalized spacial score (nSPS) is 13.9. The lowest BCUT2D eigenvalue weighted by atomic mass is 9.89. The average Bonchev–Trinajstić information content (AvgIpc) is 2.74. The minimum absolute atomic E-state index is 0.0818. The summed E-state index contributed by atoms with van der Waals surface area (Å²) in [7, 11) is 0. The lowest BCUT2D eigenvalue weighted by Crippen LogP contribution is -2.47. The Bertz CT molecular complexity index is 654. The van der Waals surface area contributed by atoms with Gasteiger partial charge in [0.1, 0.15) is 0 Å². The minimum atomic E-state index is -4.90. The van der Waals surface area contributed by atoms with E-state index in [9.17, 15) is 26.3 Å². The van der Waals surface area contributed by atoms with Crippen LogP contribution in [0.25, 0.3) is 0 Å². The number of ether oxygens (including phenoxy) is 3. The van der Waals surface area contributed by atoms with E-state index in [0.717, 1.165) is 50.7 Å². The first-order valence-corrected chi connectivity index (χ1v) is 12.1. The van der Waals surface area contributed by atoms with E-state index in [2.05, 4.69) is 6.92 Å². The molecule has 1 rings (SSSR count). The Morgan fingerprint density at radius 2 is 1.09 bits per heavy atom. The fraction of sp³-hybridized carbons (Fsp3) is 0.760. The zero-order valence-corrected chi connectivity index (χ0v) is 20.6. The van der Waals surface area contributed by atoms with Gasteiger partial charge in [0.05, 0.1) is 11.1 Å². The van der Waals surface area contributed by atoms with Gasteiger partial charge >= 0.3 is 12.4 Å². The number of benzene rings is 1. The third-order valence-corrected chi connectivity index (χ3v) is 5.57. The van der Waals surface area contributed by atoms with Crippen molar-refractivity contribution in [2.45, 2.75) is 97.4 Å². The highest BCUT2D eigenvalue weighted by atomic mass is 19.4.